The zero-order valence-electron chi connectivity index (χ0n) is 6.69. The van der Waals surface area contributed by atoms with Crippen LogP contribution in [-0.4, -0.2) is 46.9 Å². The van der Waals surface area contributed by atoms with Crippen LogP contribution in [0.5, 0.6) is 0 Å². The predicted octanol–water partition coefficient (Wildman–Crippen LogP) is 0.259. The van der Waals surface area contributed by atoms with E-state index in [0.29, 0.717) is 25.0 Å². The summed E-state index contributed by atoms with van der Waals surface area (Å²) in [4.78, 5) is 12.1. The number of nitrogens with one attached hydrogen (secondary N) is 1. The molecule has 0 aromatic heterocycles. The Hall–Kier alpha value is -0.420. The fourth-order valence-corrected chi connectivity index (χ4v) is 2.89. The van der Waals surface area contributed by atoms with Crippen LogP contribution < -0.4 is 5.32 Å². The Kier molecular flexibility index (Phi) is 2.14. The fraction of sp³-hybridized carbons (Fsp3) is 0.857. The van der Waals surface area contributed by atoms with Gasteiger partial charge in [0.1, 0.15) is 0 Å². The van der Waals surface area contributed by atoms with Gasteiger partial charge in [0.25, 0.3) is 0 Å². The lowest BCUT2D eigenvalue weighted by Gasteiger charge is -2.24. The fourth-order valence-electron chi connectivity index (χ4n) is 1.80. The molecule has 2 aliphatic heterocycles. The van der Waals surface area contributed by atoms with Gasteiger partial charge in [0.15, 0.2) is 0 Å². The van der Waals surface area contributed by atoms with Crippen molar-refractivity contribution in [1.82, 2.24) is 10.2 Å². The summed E-state index contributed by atoms with van der Waals surface area (Å²) in [5, 5.41) is 12.1. The lowest BCUT2D eigenvalue weighted by Crippen LogP contribution is -2.40. The van der Waals surface area contributed by atoms with Gasteiger partial charge in [0.05, 0.1) is 0 Å². The van der Waals surface area contributed by atoms with E-state index in [-0.39, 0.29) is 0 Å². The van der Waals surface area contributed by atoms with Crippen LogP contribution in [0, 0.1) is 5.92 Å². The van der Waals surface area contributed by atoms with Crippen molar-refractivity contribution < 1.29 is 9.90 Å². The van der Waals surface area contributed by atoms with Crippen LogP contribution in [0.1, 0.15) is 0 Å². The molecule has 0 spiro atoms. The Morgan fingerprint density at radius 1 is 1.58 bits per heavy atom. The minimum Gasteiger partial charge on any atom is -0.465 e. The number of nitrogens with zero attached hydrogens (tertiary/aromatic N) is 1. The average molecular weight is 188 g/mol. The summed E-state index contributed by atoms with van der Waals surface area (Å²) in [5.41, 5.74) is 0. The highest BCUT2D eigenvalue weighted by molar-refractivity contribution is 7.99. The normalized spacial score (nSPS) is 34.8. The summed E-state index contributed by atoms with van der Waals surface area (Å²) < 4.78 is 0. The number of carbonyl (C=O) groups is 1. The summed E-state index contributed by atoms with van der Waals surface area (Å²) >= 11 is 1.85. The van der Waals surface area contributed by atoms with E-state index in [0.717, 1.165) is 11.6 Å². The van der Waals surface area contributed by atoms with Gasteiger partial charge in [-0.3, -0.25) is 0 Å². The van der Waals surface area contributed by atoms with Crippen molar-refractivity contribution in [3.05, 3.63) is 0 Å². The smallest absolute Gasteiger partial charge is 0.407 e. The third-order valence-electron chi connectivity index (χ3n) is 2.49. The van der Waals surface area contributed by atoms with E-state index < -0.39 is 6.09 Å². The summed E-state index contributed by atoms with van der Waals surface area (Å²) in [5.74, 6) is 2.59. The van der Waals surface area contributed by atoms with Gasteiger partial charge in [-0.25, -0.2) is 4.79 Å². The van der Waals surface area contributed by atoms with Crippen LogP contribution in [0.3, 0.4) is 0 Å². The van der Waals surface area contributed by atoms with Crippen LogP contribution in [0.25, 0.3) is 0 Å². The van der Waals surface area contributed by atoms with Gasteiger partial charge in [-0.15, -0.1) is 11.8 Å². The standard InChI is InChI=1S/C7H12N2O2S/c10-7(11)9-1-5-3-12-4-8-6(5)2-9/h5-6,8H,1-4H2,(H,10,11). The van der Waals surface area contributed by atoms with Gasteiger partial charge < -0.3 is 15.3 Å². The maximum absolute atomic E-state index is 10.6. The van der Waals surface area contributed by atoms with Crippen LogP contribution in [0.15, 0.2) is 0 Å². The van der Waals surface area contributed by atoms with Crippen molar-refractivity contribution >= 4 is 17.9 Å². The molecule has 1 amide bonds. The van der Waals surface area contributed by atoms with E-state index in [1.807, 2.05) is 11.8 Å². The summed E-state index contributed by atoms with van der Waals surface area (Å²) in [7, 11) is 0. The first-order chi connectivity index (χ1) is 5.77. The second-order valence-electron chi connectivity index (χ2n) is 3.27. The Balaban J connectivity index is 1.98. The largest absolute Gasteiger partial charge is 0.465 e. The molecule has 2 saturated heterocycles. The van der Waals surface area contributed by atoms with Gasteiger partial charge in [-0.05, 0) is 0 Å². The Morgan fingerprint density at radius 3 is 3.08 bits per heavy atom. The van der Waals surface area contributed by atoms with Gasteiger partial charge >= 0.3 is 6.09 Å². The number of hydrogen-bond acceptors (Lipinski definition) is 3. The predicted molar refractivity (Wildman–Crippen MR) is 47.3 cm³/mol. The van der Waals surface area contributed by atoms with E-state index in [4.69, 9.17) is 5.11 Å². The molecule has 4 nitrogen and oxygen atoms in total. The van der Waals surface area contributed by atoms with E-state index in [2.05, 4.69) is 5.32 Å². The minimum absolute atomic E-state index is 0.405. The summed E-state index contributed by atoms with van der Waals surface area (Å²) in [6, 6.07) is 0.405. The zero-order chi connectivity index (χ0) is 8.55. The summed E-state index contributed by atoms with van der Waals surface area (Å²) in [6.45, 7) is 1.38. The number of fused-ring (bicyclic) bond motifs is 1. The quantitative estimate of drug-likeness (QED) is 0.572. The van der Waals surface area contributed by atoms with Crippen molar-refractivity contribution in [2.45, 2.75) is 6.04 Å². The highest BCUT2D eigenvalue weighted by Crippen LogP contribution is 2.25. The minimum atomic E-state index is -0.781. The van der Waals surface area contributed by atoms with Gasteiger partial charge in [0, 0.05) is 36.7 Å². The number of thioether (sulfide) groups is 1. The first-order valence-corrected chi connectivity index (χ1v) is 5.22. The SMILES string of the molecule is O=C(O)N1CC2CSCNC2C1. The van der Waals surface area contributed by atoms with Crippen LogP contribution in [0.2, 0.25) is 0 Å². The van der Waals surface area contributed by atoms with Crippen molar-refractivity contribution in [2.75, 3.05) is 24.7 Å². The molecule has 0 aliphatic carbocycles. The highest BCUT2D eigenvalue weighted by atomic mass is 32.2. The molecule has 2 aliphatic rings. The number of rotatable bonds is 0. The lowest BCUT2D eigenvalue weighted by atomic mass is 10.1. The van der Waals surface area contributed by atoms with E-state index >= 15 is 0 Å². The Morgan fingerprint density at radius 2 is 2.42 bits per heavy atom. The molecule has 2 atom stereocenters. The van der Waals surface area contributed by atoms with Crippen molar-refractivity contribution in [2.24, 2.45) is 5.92 Å². The van der Waals surface area contributed by atoms with E-state index in [1.54, 1.807) is 0 Å². The molecule has 2 N–H and O–H groups in total. The van der Waals surface area contributed by atoms with Gasteiger partial charge in [-0.1, -0.05) is 0 Å². The number of amides is 1. The van der Waals surface area contributed by atoms with Gasteiger partial charge in [0.2, 0.25) is 0 Å². The molecule has 0 aromatic rings. The molecule has 5 heteroatoms. The first-order valence-electron chi connectivity index (χ1n) is 4.06. The van der Waals surface area contributed by atoms with Gasteiger partial charge in [-0.2, -0.15) is 0 Å². The maximum Gasteiger partial charge on any atom is 0.407 e. The average Bonchev–Trinajstić information content (AvgIpc) is 2.46. The molecule has 0 bridgehead atoms. The lowest BCUT2D eigenvalue weighted by molar-refractivity contribution is 0.154. The van der Waals surface area contributed by atoms with E-state index in [9.17, 15) is 4.79 Å². The molecule has 2 fully saturated rings. The Bertz CT molecular complexity index is 186. The van der Waals surface area contributed by atoms with Crippen LogP contribution in [-0.2, 0) is 0 Å². The van der Waals surface area contributed by atoms with Crippen molar-refractivity contribution in [1.29, 1.82) is 0 Å². The third-order valence-corrected chi connectivity index (χ3v) is 3.53. The Labute approximate surface area is 75.3 Å². The van der Waals surface area contributed by atoms with E-state index in [1.165, 1.54) is 4.90 Å². The molecule has 2 rings (SSSR count). The number of hydrogen-bond donors (Lipinski definition) is 2. The molecule has 0 aromatic carbocycles. The molecular weight excluding hydrogens is 176 g/mol. The number of likely N-dealkylation sites (tertiary alicyclic amines) is 1. The first kappa shape index (κ1) is 8.19. The highest BCUT2D eigenvalue weighted by Gasteiger charge is 2.36. The molecule has 0 saturated carbocycles. The third kappa shape index (κ3) is 1.38. The summed E-state index contributed by atoms with van der Waals surface area (Å²) in [6.07, 6.45) is -0.781. The topological polar surface area (TPSA) is 52.6 Å². The molecule has 12 heavy (non-hydrogen) atoms. The van der Waals surface area contributed by atoms with Crippen molar-refractivity contribution in [3.63, 3.8) is 0 Å². The molecule has 2 unspecified atom stereocenters. The molecule has 0 radical (unpaired) electrons. The zero-order valence-corrected chi connectivity index (χ0v) is 7.51. The second-order valence-corrected chi connectivity index (χ2v) is 4.30. The maximum atomic E-state index is 10.6. The van der Waals surface area contributed by atoms with Crippen LogP contribution >= 0.6 is 11.8 Å². The molecule has 68 valence electrons. The monoisotopic (exact) mass is 188 g/mol. The second kappa shape index (κ2) is 3.14. The molecule has 2 heterocycles. The van der Waals surface area contributed by atoms with Crippen LogP contribution in [0.4, 0.5) is 4.79 Å². The molecular formula is C7H12N2O2S. The van der Waals surface area contributed by atoms with Crippen molar-refractivity contribution in [3.8, 4) is 0 Å². The number of carboxylic acid groups (broad SMARTS) is 1.